The van der Waals surface area contributed by atoms with E-state index in [1.54, 1.807) is 6.07 Å². The minimum absolute atomic E-state index is 0.271. The van der Waals surface area contributed by atoms with Gasteiger partial charge in [-0.25, -0.2) is 4.98 Å². The monoisotopic (exact) mass is 339 g/mol. The number of ether oxygens (including phenoxy) is 1. The van der Waals surface area contributed by atoms with Crippen molar-refractivity contribution in [3.63, 3.8) is 0 Å². The van der Waals surface area contributed by atoms with Gasteiger partial charge in [0.05, 0.1) is 11.7 Å². The van der Waals surface area contributed by atoms with Crippen molar-refractivity contribution in [3.8, 4) is 17.2 Å². The number of nitriles is 1. The molecule has 3 rings (SSSR count). The average Bonchev–Trinajstić information content (AvgIpc) is 3.01. The van der Waals surface area contributed by atoms with Gasteiger partial charge in [-0.05, 0) is 12.5 Å². The van der Waals surface area contributed by atoms with Crippen LogP contribution in [0.4, 0.5) is 0 Å². The van der Waals surface area contributed by atoms with Gasteiger partial charge >= 0.3 is 5.97 Å². The van der Waals surface area contributed by atoms with Crippen LogP contribution in [0.2, 0.25) is 0 Å². The quantitative estimate of drug-likeness (QED) is 0.682. The first kappa shape index (κ1) is 15.9. The number of hydrogen-bond donors (Lipinski definition) is 0. The first-order chi connectivity index (χ1) is 11.6. The molecule has 0 bridgehead atoms. The second-order valence-electron chi connectivity index (χ2n) is 5.19. The van der Waals surface area contributed by atoms with Crippen molar-refractivity contribution in [1.82, 2.24) is 9.55 Å². The molecule has 0 fully saturated rings. The van der Waals surface area contributed by atoms with Crippen LogP contribution in [0.5, 0.6) is 0 Å². The van der Waals surface area contributed by atoms with Crippen molar-refractivity contribution < 1.29 is 9.53 Å². The van der Waals surface area contributed by atoms with E-state index in [0.717, 1.165) is 16.7 Å². The number of carbonyl (C=O) groups is 1. The van der Waals surface area contributed by atoms with Gasteiger partial charge in [0, 0.05) is 10.9 Å². The Morgan fingerprint density at radius 1 is 1.38 bits per heavy atom. The average molecular weight is 339 g/mol. The van der Waals surface area contributed by atoms with Gasteiger partial charge in [0.25, 0.3) is 5.56 Å². The third-order valence-corrected chi connectivity index (χ3v) is 4.41. The standard InChI is InChI=1S/C17H13N3O3S/c1-11-2-4-12(5-3-11)13-9-24-16-15(13)17(22)20(10-19-16)8-14(21)23-7-6-18/h2-5,9-10H,7-8H2,1H3. The Balaban J connectivity index is 2.03. The van der Waals surface area contributed by atoms with Gasteiger partial charge in [0.15, 0.2) is 6.61 Å². The second kappa shape index (κ2) is 6.64. The highest BCUT2D eigenvalue weighted by molar-refractivity contribution is 7.17. The Labute approximate surface area is 141 Å². The minimum atomic E-state index is -0.646. The molecule has 0 atom stereocenters. The first-order valence-electron chi connectivity index (χ1n) is 7.16. The third-order valence-electron chi connectivity index (χ3n) is 3.52. The van der Waals surface area contributed by atoms with Crippen LogP contribution in [0.15, 0.2) is 40.8 Å². The van der Waals surface area contributed by atoms with E-state index in [1.807, 2.05) is 36.6 Å². The van der Waals surface area contributed by atoms with Crippen molar-refractivity contribution in [2.45, 2.75) is 13.5 Å². The van der Waals surface area contributed by atoms with Crippen molar-refractivity contribution in [3.05, 3.63) is 51.9 Å². The maximum absolute atomic E-state index is 12.7. The van der Waals surface area contributed by atoms with Crippen LogP contribution in [0, 0.1) is 18.3 Å². The third kappa shape index (κ3) is 3.05. The number of esters is 1. The van der Waals surface area contributed by atoms with Gasteiger partial charge in [0.1, 0.15) is 17.4 Å². The molecule has 0 aliphatic carbocycles. The molecule has 0 aliphatic heterocycles. The van der Waals surface area contributed by atoms with Crippen molar-refractivity contribution >= 4 is 27.5 Å². The van der Waals surface area contributed by atoms with Crippen molar-refractivity contribution in [1.29, 1.82) is 5.26 Å². The molecule has 24 heavy (non-hydrogen) atoms. The summed E-state index contributed by atoms with van der Waals surface area (Å²) in [5.74, 6) is -0.646. The fourth-order valence-corrected chi connectivity index (χ4v) is 3.23. The summed E-state index contributed by atoms with van der Waals surface area (Å²) in [6.45, 7) is 1.39. The molecule has 2 aromatic heterocycles. The summed E-state index contributed by atoms with van der Waals surface area (Å²) in [4.78, 5) is 29.2. The second-order valence-corrected chi connectivity index (χ2v) is 6.05. The van der Waals surface area contributed by atoms with E-state index in [4.69, 9.17) is 5.26 Å². The van der Waals surface area contributed by atoms with Crippen molar-refractivity contribution in [2.24, 2.45) is 0 Å². The number of carbonyl (C=O) groups excluding carboxylic acids is 1. The lowest BCUT2D eigenvalue weighted by Gasteiger charge is -2.05. The number of nitrogens with zero attached hydrogens (tertiary/aromatic N) is 3. The van der Waals surface area contributed by atoms with E-state index in [-0.39, 0.29) is 18.7 Å². The largest absolute Gasteiger partial charge is 0.449 e. The molecule has 120 valence electrons. The molecular weight excluding hydrogens is 326 g/mol. The number of thiophene rings is 1. The molecule has 6 nitrogen and oxygen atoms in total. The molecule has 3 aromatic rings. The topological polar surface area (TPSA) is 85.0 Å². The molecule has 0 radical (unpaired) electrons. The van der Waals surface area contributed by atoms with Crippen molar-refractivity contribution in [2.75, 3.05) is 6.61 Å². The predicted octanol–water partition coefficient (Wildman–Crippen LogP) is 2.50. The number of rotatable bonds is 4. The van der Waals surface area contributed by atoms with Gasteiger partial charge in [-0.3, -0.25) is 14.2 Å². The Kier molecular flexibility index (Phi) is 4.40. The van der Waals surface area contributed by atoms with Crippen LogP contribution in [0.1, 0.15) is 5.56 Å². The lowest BCUT2D eigenvalue weighted by molar-refractivity contribution is -0.143. The lowest BCUT2D eigenvalue weighted by atomic mass is 10.1. The van der Waals surface area contributed by atoms with E-state index in [2.05, 4.69) is 9.72 Å². The molecule has 0 aliphatic rings. The van der Waals surface area contributed by atoms with Crippen LogP contribution in [0.25, 0.3) is 21.3 Å². The Hall–Kier alpha value is -2.98. The minimum Gasteiger partial charge on any atom is -0.449 e. The smallest absolute Gasteiger partial charge is 0.327 e. The maximum atomic E-state index is 12.7. The highest BCUT2D eigenvalue weighted by Gasteiger charge is 2.15. The van der Waals surface area contributed by atoms with Gasteiger partial charge in [0.2, 0.25) is 0 Å². The molecule has 2 heterocycles. The predicted molar refractivity (Wildman–Crippen MR) is 90.6 cm³/mol. The fourth-order valence-electron chi connectivity index (χ4n) is 2.32. The molecule has 0 spiro atoms. The van der Waals surface area contributed by atoms with E-state index >= 15 is 0 Å². The number of benzene rings is 1. The Bertz CT molecular complexity index is 997. The van der Waals surface area contributed by atoms with Crippen LogP contribution in [0.3, 0.4) is 0 Å². The Morgan fingerprint density at radius 3 is 2.83 bits per heavy atom. The SMILES string of the molecule is Cc1ccc(-c2csc3ncn(CC(=O)OCC#N)c(=O)c23)cc1. The molecular formula is C17H13N3O3S. The highest BCUT2D eigenvalue weighted by Crippen LogP contribution is 2.30. The normalized spacial score (nSPS) is 10.5. The fraction of sp³-hybridized carbons (Fsp3) is 0.176. The first-order valence-corrected chi connectivity index (χ1v) is 8.04. The van der Waals surface area contributed by atoms with Gasteiger partial charge < -0.3 is 4.74 Å². The zero-order valence-corrected chi connectivity index (χ0v) is 13.7. The number of aromatic nitrogens is 2. The summed E-state index contributed by atoms with van der Waals surface area (Å²) in [6.07, 6.45) is 1.33. The van der Waals surface area contributed by atoms with Gasteiger partial charge in [-0.1, -0.05) is 29.8 Å². The number of aryl methyl sites for hydroxylation is 1. The summed E-state index contributed by atoms with van der Waals surface area (Å²) in [7, 11) is 0. The van der Waals surface area contributed by atoms with E-state index < -0.39 is 5.97 Å². The van der Waals surface area contributed by atoms with E-state index in [0.29, 0.717) is 10.2 Å². The molecule has 0 saturated heterocycles. The highest BCUT2D eigenvalue weighted by atomic mass is 32.1. The van der Waals surface area contributed by atoms with Crippen LogP contribution in [-0.4, -0.2) is 22.1 Å². The van der Waals surface area contributed by atoms with Gasteiger partial charge in [-0.2, -0.15) is 5.26 Å². The van der Waals surface area contributed by atoms with Crippen LogP contribution < -0.4 is 5.56 Å². The molecule has 0 amide bonds. The molecule has 7 heteroatoms. The molecule has 1 aromatic carbocycles. The summed E-state index contributed by atoms with van der Waals surface area (Å²) >= 11 is 1.38. The van der Waals surface area contributed by atoms with Crippen LogP contribution in [-0.2, 0) is 16.1 Å². The lowest BCUT2D eigenvalue weighted by Crippen LogP contribution is -2.25. The maximum Gasteiger partial charge on any atom is 0.327 e. The zero-order chi connectivity index (χ0) is 17.1. The summed E-state index contributed by atoms with van der Waals surface area (Å²) in [5.41, 5.74) is 2.56. The summed E-state index contributed by atoms with van der Waals surface area (Å²) < 4.78 is 5.89. The van der Waals surface area contributed by atoms with E-state index in [9.17, 15) is 9.59 Å². The summed E-state index contributed by atoms with van der Waals surface area (Å²) in [6, 6.07) is 9.58. The zero-order valence-electron chi connectivity index (χ0n) is 12.9. The number of hydrogen-bond acceptors (Lipinski definition) is 6. The number of fused-ring (bicyclic) bond motifs is 1. The molecule has 0 saturated carbocycles. The molecule has 0 N–H and O–H groups in total. The van der Waals surface area contributed by atoms with Gasteiger partial charge in [-0.15, -0.1) is 11.3 Å². The Morgan fingerprint density at radius 2 is 2.12 bits per heavy atom. The molecule has 0 unspecified atom stereocenters. The van der Waals surface area contributed by atoms with Crippen LogP contribution >= 0.6 is 11.3 Å². The van der Waals surface area contributed by atoms with E-state index in [1.165, 1.54) is 22.2 Å². The summed E-state index contributed by atoms with van der Waals surface area (Å²) in [5, 5.41) is 10.8.